The van der Waals surface area contributed by atoms with Crippen molar-refractivity contribution in [1.82, 2.24) is 4.98 Å². The van der Waals surface area contributed by atoms with Crippen LogP contribution in [-0.2, 0) is 11.2 Å². The fraction of sp³-hybridized carbons (Fsp3) is 0.727. The third-order valence-corrected chi connectivity index (χ3v) is 3.87. The molecule has 1 aromatic rings. The molecule has 0 saturated carbocycles. The highest BCUT2D eigenvalue weighted by Gasteiger charge is 2.30. The Morgan fingerprint density at radius 3 is 2.73 bits per heavy atom. The highest BCUT2D eigenvalue weighted by Crippen LogP contribution is 2.21. The maximum absolute atomic E-state index is 6.15. The first-order valence-electron chi connectivity index (χ1n) is 5.23. The van der Waals surface area contributed by atoms with Gasteiger partial charge in [-0.05, 0) is 20.3 Å². The number of hydrogen-bond donors (Lipinski definition) is 1. The molecule has 2 atom stereocenters. The van der Waals surface area contributed by atoms with Crippen LogP contribution in [0.4, 0.5) is 0 Å². The summed E-state index contributed by atoms with van der Waals surface area (Å²) in [4.78, 5) is 4.42. The quantitative estimate of drug-likeness (QED) is 0.840. The van der Waals surface area contributed by atoms with Gasteiger partial charge in [-0.2, -0.15) is 0 Å². The van der Waals surface area contributed by atoms with Gasteiger partial charge < -0.3 is 10.5 Å². The van der Waals surface area contributed by atoms with Crippen LogP contribution in [0.1, 0.15) is 31.0 Å². The van der Waals surface area contributed by atoms with Crippen molar-refractivity contribution < 1.29 is 4.74 Å². The molecule has 4 heteroatoms. The Balaban J connectivity index is 2.65. The number of aryl methyl sites for hydroxylation is 1. The van der Waals surface area contributed by atoms with Crippen molar-refractivity contribution >= 4 is 11.3 Å². The summed E-state index contributed by atoms with van der Waals surface area (Å²) in [6.07, 6.45) is 1.69. The minimum absolute atomic E-state index is 0.00556. The number of thiazole rings is 1. The molecule has 0 aromatic carbocycles. The summed E-state index contributed by atoms with van der Waals surface area (Å²) >= 11 is 1.66. The number of nitrogens with zero attached hydrogens (tertiary/aromatic N) is 1. The second kappa shape index (κ2) is 5.05. The second-order valence-electron chi connectivity index (χ2n) is 4.04. The number of rotatable bonds is 5. The number of aromatic nitrogens is 1. The summed E-state index contributed by atoms with van der Waals surface area (Å²) in [7, 11) is 1.72. The van der Waals surface area contributed by atoms with E-state index >= 15 is 0 Å². The van der Waals surface area contributed by atoms with Gasteiger partial charge in [-0.3, -0.25) is 0 Å². The Labute approximate surface area is 95.7 Å². The van der Waals surface area contributed by atoms with E-state index in [-0.39, 0.29) is 11.6 Å². The Hall–Kier alpha value is -0.450. The smallest absolute Gasteiger partial charge is 0.0897 e. The molecule has 0 saturated heterocycles. The van der Waals surface area contributed by atoms with Crippen molar-refractivity contribution in [3.8, 4) is 0 Å². The van der Waals surface area contributed by atoms with E-state index in [1.54, 1.807) is 18.4 Å². The zero-order valence-corrected chi connectivity index (χ0v) is 10.7. The lowest BCUT2D eigenvalue weighted by Gasteiger charge is -2.32. The van der Waals surface area contributed by atoms with E-state index in [2.05, 4.69) is 24.2 Å². The SMILES string of the molecule is CCC(C)(OC)C(N)Cc1csc(C)n1. The molecule has 3 nitrogen and oxygen atoms in total. The maximum Gasteiger partial charge on any atom is 0.0897 e. The highest BCUT2D eigenvalue weighted by molar-refractivity contribution is 7.09. The molecule has 1 rings (SSSR count). The number of ether oxygens (including phenoxy) is 1. The third-order valence-electron chi connectivity index (χ3n) is 3.05. The van der Waals surface area contributed by atoms with Crippen molar-refractivity contribution in [1.29, 1.82) is 0 Å². The molecule has 0 fully saturated rings. The molecular weight excluding hydrogens is 208 g/mol. The first-order chi connectivity index (χ1) is 7.01. The summed E-state index contributed by atoms with van der Waals surface area (Å²) in [5, 5.41) is 3.16. The topological polar surface area (TPSA) is 48.1 Å². The lowest BCUT2D eigenvalue weighted by molar-refractivity contribution is -0.0186. The van der Waals surface area contributed by atoms with Gasteiger partial charge in [-0.1, -0.05) is 6.92 Å². The molecule has 1 heterocycles. The van der Waals surface area contributed by atoms with Gasteiger partial charge in [0.25, 0.3) is 0 Å². The molecule has 86 valence electrons. The van der Waals surface area contributed by atoms with Gasteiger partial charge in [-0.15, -0.1) is 11.3 Å². The fourth-order valence-electron chi connectivity index (χ4n) is 1.50. The Morgan fingerprint density at radius 1 is 1.67 bits per heavy atom. The van der Waals surface area contributed by atoms with E-state index in [9.17, 15) is 0 Å². The number of nitrogens with two attached hydrogens (primary N) is 1. The number of methoxy groups -OCH3 is 1. The van der Waals surface area contributed by atoms with E-state index in [0.717, 1.165) is 23.5 Å². The molecule has 15 heavy (non-hydrogen) atoms. The van der Waals surface area contributed by atoms with Gasteiger partial charge >= 0.3 is 0 Å². The molecule has 0 amide bonds. The van der Waals surface area contributed by atoms with Crippen LogP contribution in [0.5, 0.6) is 0 Å². The van der Waals surface area contributed by atoms with Gasteiger partial charge in [0.15, 0.2) is 0 Å². The standard InChI is InChI=1S/C11H20N2OS/c1-5-11(3,14-4)10(12)6-9-7-15-8(2)13-9/h7,10H,5-6,12H2,1-4H3. The maximum atomic E-state index is 6.15. The molecule has 2 N–H and O–H groups in total. The van der Waals surface area contributed by atoms with Gasteiger partial charge in [0, 0.05) is 25.0 Å². The minimum Gasteiger partial charge on any atom is -0.377 e. The zero-order valence-electron chi connectivity index (χ0n) is 9.91. The largest absolute Gasteiger partial charge is 0.377 e. The van der Waals surface area contributed by atoms with Crippen LogP contribution in [0, 0.1) is 6.92 Å². The predicted octanol–water partition coefficient (Wildman–Crippen LogP) is 2.14. The molecule has 0 aliphatic rings. The van der Waals surface area contributed by atoms with E-state index in [1.165, 1.54) is 0 Å². The summed E-state index contributed by atoms with van der Waals surface area (Å²) in [6, 6.07) is -0.00556. The lowest BCUT2D eigenvalue weighted by Crippen LogP contribution is -2.48. The molecule has 1 aromatic heterocycles. The number of hydrogen-bond acceptors (Lipinski definition) is 4. The third kappa shape index (κ3) is 3.00. The Kier molecular flexibility index (Phi) is 4.25. The summed E-state index contributed by atoms with van der Waals surface area (Å²) in [5.74, 6) is 0. The van der Waals surface area contributed by atoms with E-state index in [1.807, 2.05) is 6.92 Å². The molecular formula is C11H20N2OS. The summed E-state index contributed by atoms with van der Waals surface area (Å²) in [6.45, 7) is 6.15. The van der Waals surface area contributed by atoms with Gasteiger partial charge in [0.1, 0.15) is 0 Å². The zero-order chi connectivity index (χ0) is 11.5. The Morgan fingerprint density at radius 2 is 2.33 bits per heavy atom. The van der Waals surface area contributed by atoms with Crippen LogP contribution in [0.3, 0.4) is 0 Å². The van der Waals surface area contributed by atoms with E-state index in [4.69, 9.17) is 10.5 Å². The van der Waals surface area contributed by atoms with Crippen LogP contribution in [0.25, 0.3) is 0 Å². The molecule has 0 bridgehead atoms. The van der Waals surface area contributed by atoms with Crippen molar-refractivity contribution in [3.05, 3.63) is 16.1 Å². The van der Waals surface area contributed by atoms with Crippen molar-refractivity contribution in [2.45, 2.75) is 45.3 Å². The summed E-state index contributed by atoms with van der Waals surface area (Å²) in [5.41, 5.74) is 6.97. The van der Waals surface area contributed by atoms with Gasteiger partial charge in [0.05, 0.1) is 16.3 Å². The fourth-order valence-corrected chi connectivity index (χ4v) is 2.13. The minimum atomic E-state index is -0.252. The van der Waals surface area contributed by atoms with Crippen molar-refractivity contribution in [3.63, 3.8) is 0 Å². The van der Waals surface area contributed by atoms with Crippen molar-refractivity contribution in [2.24, 2.45) is 5.73 Å². The van der Waals surface area contributed by atoms with E-state index < -0.39 is 0 Å². The van der Waals surface area contributed by atoms with Gasteiger partial charge in [0.2, 0.25) is 0 Å². The normalized spacial score (nSPS) is 17.4. The van der Waals surface area contributed by atoms with Gasteiger partial charge in [-0.25, -0.2) is 4.98 Å². The average molecular weight is 228 g/mol. The van der Waals surface area contributed by atoms with Crippen LogP contribution in [0.2, 0.25) is 0 Å². The molecule has 0 spiro atoms. The van der Waals surface area contributed by atoms with Crippen LogP contribution >= 0.6 is 11.3 Å². The Bertz CT molecular complexity index is 307. The monoisotopic (exact) mass is 228 g/mol. The average Bonchev–Trinajstić information content (AvgIpc) is 2.62. The first-order valence-corrected chi connectivity index (χ1v) is 6.11. The van der Waals surface area contributed by atoms with Crippen LogP contribution in [0.15, 0.2) is 5.38 Å². The lowest BCUT2D eigenvalue weighted by atomic mass is 9.91. The van der Waals surface area contributed by atoms with Crippen molar-refractivity contribution in [2.75, 3.05) is 7.11 Å². The van der Waals surface area contributed by atoms with E-state index in [0.29, 0.717) is 0 Å². The highest BCUT2D eigenvalue weighted by atomic mass is 32.1. The first kappa shape index (κ1) is 12.6. The molecule has 0 aliphatic carbocycles. The summed E-state index contributed by atoms with van der Waals surface area (Å²) < 4.78 is 5.48. The predicted molar refractivity (Wildman–Crippen MR) is 64.2 cm³/mol. The second-order valence-corrected chi connectivity index (χ2v) is 5.10. The molecule has 0 radical (unpaired) electrons. The van der Waals surface area contributed by atoms with Crippen LogP contribution < -0.4 is 5.73 Å². The molecule has 0 aliphatic heterocycles. The van der Waals surface area contributed by atoms with Crippen LogP contribution in [-0.4, -0.2) is 23.7 Å². The molecule has 2 unspecified atom stereocenters.